The van der Waals surface area contributed by atoms with Crippen LogP contribution in [0.2, 0.25) is 0 Å². The minimum Gasteiger partial charge on any atom is -0.325 e. The summed E-state index contributed by atoms with van der Waals surface area (Å²) in [4.78, 5) is 24.8. The topological polar surface area (TPSA) is 134 Å². The first kappa shape index (κ1) is 22.1. The van der Waals surface area contributed by atoms with Crippen molar-refractivity contribution < 1.29 is 18.0 Å². The fourth-order valence-corrected chi connectivity index (χ4v) is 4.30. The Hall–Kier alpha value is -3.19. The Morgan fingerprint density at radius 2 is 1.86 bits per heavy atom. The van der Waals surface area contributed by atoms with E-state index in [0.717, 1.165) is 12.0 Å². The Labute approximate surface area is 169 Å². The van der Waals surface area contributed by atoms with Gasteiger partial charge in [0.25, 0.3) is 0 Å². The van der Waals surface area contributed by atoms with Gasteiger partial charge in [0.05, 0.1) is 6.20 Å². The van der Waals surface area contributed by atoms with E-state index in [1.165, 1.54) is 24.9 Å². The molecule has 9 nitrogen and oxygen atoms in total. The number of hydrogen-bond donors (Lipinski definition) is 2. The number of hydrogen-bond acceptors (Lipinski definition) is 6. The summed E-state index contributed by atoms with van der Waals surface area (Å²) in [5, 5.41) is 16.5. The molecule has 0 aliphatic rings. The first-order chi connectivity index (χ1) is 13.7. The van der Waals surface area contributed by atoms with Crippen molar-refractivity contribution >= 4 is 33.2 Å². The maximum Gasteiger partial charge on any atom is 0.243 e. The molecule has 1 heterocycles. The molecule has 1 unspecified atom stereocenters. The van der Waals surface area contributed by atoms with Crippen molar-refractivity contribution in [1.82, 2.24) is 9.78 Å². The molecule has 0 radical (unpaired) electrons. The van der Waals surface area contributed by atoms with Crippen LogP contribution < -0.4 is 10.6 Å². The molecule has 0 saturated heterocycles. The van der Waals surface area contributed by atoms with E-state index in [2.05, 4.69) is 15.7 Å². The van der Waals surface area contributed by atoms with Gasteiger partial charge in [0.1, 0.15) is 28.5 Å². The monoisotopic (exact) mass is 417 g/mol. The number of nitrogens with zero attached hydrogens (tertiary/aromatic N) is 3. The lowest BCUT2D eigenvalue weighted by Gasteiger charge is -2.16. The zero-order valence-electron chi connectivity index (χ0n) is 16.5. The molecular weight excluding hydrogens is 394 g/mol. The number of carbonyl (C=O) groups excluding carboxylic acids is 2. The van der Waals surface area contributed by atoms with Crippen LogP contribution in [0.25, 0.3) is 0 Å². The van der Waals surface area contributed by atoms with Crippen LogP contribution >= 0.6 is 0 Å². The first-order valence-electron chi connectivity index (χ1n) is 9.05. The highest BCUT2D eigenvalue weighted by Crippen LogP contribution is 2.17. The van der Waals surface area contributed by atoms with Gasteiger partial charge in [-0.2, -0.15) is 10.4 Å². The van der Waals surface area contributed by atoms with E-state index in [-0.39, 0.29) is 17.8 Å². The summed E-state index contributed by atoms with van der Waals surface area (Å²) in [7, 11) is -2.56. The highest BCUT2D eigenvalue weighted by Gasteiger charge is 2.33. The second kappa shape index (κ2) is 9.34. The van der Waals surface area contributed by atoms with Crippen molar-refractivity contribution in [3.05, 3.63) is 41.6 Å². The Morgan fingerprint density at radius 3 is 2.41 bits per heavy atom. The number of rotatable bonds is 8. The third-order valence-corrected chi connectivity index (χ3v) is 6.45. The molecule has 0 fully saturated rings. The fourth-order valence-electron chi connectivity index (χ4n) is 2.77. The van der Waals surface area contributed by atoms with Gasteiger partial charge in [0, 0.05) is 12.7 Å². The minimum absolute atomic E-state index is 0.0214. The first-order valence-corrected chi connectivity index (χ1v) is 10.8. The zero-order chi connectivity index (χ0) is 21.6. The highest BCUT2D eigenvalue weighted by molar-refractivity contribution is 7.93. The van der Waals surface area contributed by atoms with Crippen molar-refractivity contribution in [3.8, 4) is 6.07 Å². The molecule has 2 N–H and O–H groups in total. The molecule has 1 aromatic carbocycles. The van der Waals surface area contributed by atoms with E-state index in [0.29, 0.717) is 5.69 Å². The summed E-state index contributed by atoms with van der Waals surface area (Å²) in [6.07, 6.45) is 2.09. The van der Waals surface area contributed by atoms with Gasteiger partial charge in [-0.3, -0.25) is 14.3 Å². The maximum atomic E-state index is 12.7. The van der Waals surface area contributed by atoms with Crippen LogP contribution in [0.3, 0.4) is 0 Å². The molecule has 29 heavy (non-hydrogen) atoms. The van der Waals surface area contributed by atoms with Gasteiger partial charge in [0.15, 0.2) is 9.84 Å². The lowest BCUT2D eigenvalue weighted by atomic mass is 10.1. The van der Waals surface area contributed by atoms with Gasteiger partial charge in [0.2, 0.25) is 11.8 Å². The lowest BCUT2D eigenvalue weighted by Crippen LogP contribution is -2.39. The van der Waals surface area contributed by atoms with Gasteiger partial charge < -0.3 is 10.6 Å². The number of anilines is 2. The number of aromatic nitrogens is 2. The number of nitriles is 1. The van der Waals surface area contributed by atoms with Crippen LogP contribution in [0.1, 0.15) is 31.4 Å². The number of sulfone groups is 1. The Morgan fingerprint density at radius 1 is 1.21 bits per heavy atom. The number of amides is 2. The van der Waals surface area contributed by atoms with E-state index < -0.39 is 32.7 Å². The smallest absolute Gasteiger partial charge is 0.243 e. The average molecular weight is 417 g/mol. The van der Waals surface area contributed by atoms with Crippen LogP contribution in [-0.4, -0.2) is 41.0 Å². The van der Waals surface area contributed by atoms with Gasteiger partial charge >= 0.3 is 0 Å². The van der Waals surface area contributed by atoms with Crippen LogP contribution in [0.5, 0.6) is 0 Å². The number of aryl methyl sites for hydroxylation is 2. The molecule has 2 aromatic rings. The zero-order valence-corrected chi connectivity index (χ0v) is 17.3. The van der Waals surface area contributed by atoms with E-state index in [9.17, 15) is 18.0 Å². The van der Waals surface area contributed by atoms with Gasteiger partial charge in [-0.15, -0.1) is 0 Å². The van der Waals surface area contributed by atoms with E-state index in [1.807, 2.05) is 25.1 Å². The fraction of sp³-hybridized carbons (Fsp3) is 0.368. The summed E-state index contributed by atoms with van der Waals surface area (Å²) in [5.74, 6) is -2.26. The molecule has 10 heteroatoms. The Bertz CT molecular complexity index is 1040. The Balaban J connectivity index is 2.09. The molecule has 0 saturated carbocycles. The molecule has 2 amide bonds. The molecule has 0 spiro atoms. The minimum atomic E-state index is -4.08. The molecule has 154 valence electrons. The predicted octanol–water partition coefficient (Wildman–Crippen LogP) is 1.62. The van der Waals surface area contributed by atoms with Gasteiger partial charge in [-0.25, -0.2) is 8.42 Å². The van der Waals surface area contributed by atoms with Gasteiger partial charge in [-0.1, -0.05) is 26.0 Å². The lowest BCUT2D eigenvalue weighted by molar-refractivity contribution is -0.115. The van der Waals surface area contributed by atoms with Crippen molar-refractivity contribution in [3.63, 3.8) is 0 Å². The van der Waals surface area contributed by atoms with Crippen LogP contribution in [0, 0.1) is 11.3 Å². The second-order valence-electron chi connectivity index (χ2n) is 6.43. The summed E-state index contributed by atoms with van der Waals surface area (Å²) in [6.45, 7) is 3.54. The summed E-state index contributed by atoms with van der Waals surface area (Å²) < 4.78 is 26.6. The van der Waals surface area contributed by atoms with Crippen LogP contribution in [0.15, 0.2) is 30.5 Å². The van der Waals surface area contributed by atoms with E-state index in [1.54, 1.807) is 12.1 Å². The molecule has 0 aliphatic heterocycles. The quantitative estimate of drug-likeness (QED) is 0.670. The summed E-state index contributed by atoms with van der Waals surface area (Å²) in [6, 6.07) is 8.94. The molecule has 1 aromatic heterocycles. The third-order valence-electron chi connectivity index (χ3n) is 4.38. The molecule has 1 atom stereocenters. The Kier molecular flexibility index (Phi) is 7.12. The number of carbonyl (C=O) groups is 2. The second-order valence-corrected chi connectivity index (χ2v) is 8.62. The SMILES string of the molecule is CCc1ccc(NC(=O)CS(=O)(=O)C(CC)C(=O)Nc2c(C#N)cnn2C)cc1. The van der Waals surface area contributed by atoms with E-state index >= 15 is 0 Å². The van der Waals surface area contributed by atoms with Crippen molar-refractivity contribution in [2.45, 2.75) is 31.9 Å². The van der Waals surface area contributed by atoms with Crippen molar-refractivity contribution in [2.24, 2.45) is 7.05 Å². The predicted molar refractivity (Wildman–Crippen MR) is 109 cm³/mol. The maximum absolute atomic E-state index is 12.7. The molecular formula is C19H23N5O4S. The summed E-state index contributed by atoms with van der Waals surface area (Å²) >= 11 is 0. The average Bonchev–Trinajstić information content (AvgIpc) is 3.01. The van der Waals surface area contributed by atoms with Crippen LogP contribution in [-0.2, 0) is 32.9 Å². The number of nitrogens with one attached hydrogen (secondary N) is 2. The molecule has 2 rings (SSSR count). The van der Waals surface area contributed by atoms with Crippen molar-refractivity contribution in [2.75, 3.05) is 16.4 Å². The number of benzene rings is 1. The molecule has 0 aliphatic carbocycles. The normalized spacial score (nSPS) is 12.1. The highest BCUT2D eigenvalue weighted by atomic mass is 32.2. The molecule has 0 bridgehead atoms. The third kappa shape index (κ3) is 5.42. The van der Waals surface area contributed by atoms with Gasteiger partial charge in [-0.05, 0) is 30.5 Å². The standard InChI is InChI=1S/C19H23N5O4S/c1-4-13-6-8-15(9-7-13)22-17(25)12-29(27,28)16(5-2)19(26)23-18-14(10-20)11-21-24(18)3/h6-9,11,16H,4-5,12H2,1-3H3,(H,22,25)(H,23,26). The van der Waals surface area contributed by atoms with Crippen LogP contribution in [0.4, 0.5) is 11.5 Å². The largest absolute Gasteiger partial charge is 0.325 e. The summed E-state index contributed by atoms with van der Waals surface area (Å²) in [5.41, 5.74) is 1.68. The van der Waals surface area contributed by atoms with E-state index in [4.69, 9.17) is 5.26 Å². The van der Waals surface area contributed by atoms with Crippen molar-refractivity contribution in [1.29, 1.82) is 5.26 Å².